The molecule has 0 aliphatic rings. The van der Waals surface area contributed by atoms with Crippen molar-refractivity contribution in [2.75, 3.05) is 10.6 Å². The van der Waals surface area contributed by atoms with Gasteiger partial charge in [-0.25, -0.2) is 9.78 Å². The van der Waals surface area contributed by atoms with Crippen molar-refractivity contribution < 1.29 is 9.53 Å². The van der Waals surface area contributed by atoms with Crippen LogP contribution >= 0.6 is 11.3 Å². The average molecular weight is 305 g/mol. The molecule has 2 aromatic rings. The molecular formula is C15H19N3O2S. The minimum Gasteiger partial charge on any atom is -0.444 e. The van der Waals surface area contributed by atoms with Gasteiger partial charge in [-0.3, -0.25) is 5.32 Å². The van der Waals surface area contributed by atoms with E-state index in [1.807, 2.05) is 50.4 Å². The molecule has 112 valence electrons. The number of amides is 1. The summed E-state index contributed by atoms with van der Waals surface area (Å²) in [6.45, 7) is 6.16. The number of hydrogen-bond donors (Lipinski definition) is 2. The summed E-state index contributed by atoms with van der Waals surface area (Å²) in [6.07, 6.45) is 1.32. The van der Waals surface area contributed by atoms with E-state index in [1.54, 1.807) is 17.5 Å². The van der Waals surface area contributed by atoms with Gasteiger partial charge >= 0.3 is 6.09 Å². The number of carbonyl (C=O) groups excluding carboxylic acids is 1. The zero-order valence-electron chi connectivity index (χ0n) is 12.3. The van der Waals surface area contributed by atoms with Gasteiger partial charge in [-0.15, -0.1) is 11.3 Å². The Morgan fingerprint density at radius 3 is 2.76 bits per heavy atom. The van der Waals surface area contributed by atoms with E-state index in [1.165, 1.54) is 0 Å². The van der Waals surface area contributed by atoms with Crippen molar-refractivity contribution in [3.05, 3.63) is 40.8 Å². The number of anilines is 2. The number of carbonyl (C=O) groups is 1. The predicted octanol–water partition coefficient (Wildman–Crippen LogP) is 4.10. The van der Waals surface area contributed by atoms with Crippen LogP contribution in [-0.4, -0.2) is 16.7 Å². The highest BCUT2D eigenvalue weighted by Crippen LogP contribution is 2.17. The third-order valence-corrected chi connectivity index (χ3v) is 3.21. The van der Waals surface area contributed by atoms with Gasteiger partial charge in [0.2, 0.25) is 0 Å². The van der Waals surface area contributed by atoms with E-state index in [0.717, 1.165) is 10.7 Å². The molecule has 0 radical (unpaired) electrons. The molecule has 0 aliphatic carbocycles. The minimum absolute atomic E-state index is 0.459. The first-order valence-electron chi connectivity index (χ1n) is 6.65. The Morgan fingerprint density at radius 2 is 2.10 bits per heavy atom. The van der Waals surface area contributed by atoms with Crippen molar-refractivity contribution in [3.63, 3.8) is 0 Å². The maximum Gasteiger partial charge on any atom is 0.412 e. The quantitative estimate of drug-likeness (QED) is 0.892. The molecule has 0 saturated heterocycles. The third-order valence-electron chi connectivity index (χ3n) is 2.44. The van der Waals surface area contributed by atoms with Crippen LogP contribution in [0.1, 0.15) is 25.8 Å². The Morgan fingerprint density at radius 1 is 1.33 bits per heavy atom. The summed E-state index contributed by atoms with van der Waals surface area (Å²) in [5.41, 5.74) is 1.09. The largest absolute Gasteiger partial charge is 0.444 e. The van der Waals surface area contributed by atoms with Crippen molar-refractivity contribution in [1.29, 1.82) is 0 Å². The van der Waals surface area contributed by atoms with Crippen LogP contribution < -0.4 is 10.6 Å². The molecule has 1 amide bonds. The first-order valence-corrected chi connectivity index (χ1v) is 7.53. The predicted molar refractivity (Wildman–Crippen MR) is 85.7 cm³/mol. The Bertz CT molecular complexity index is 591. The van der Waals surface area contributed by atoms with Crippen molar-refractivity contribution in [2.24, 2.45) is 0 Å². The lowest BCUT2D eigenvalue weighted by Gasteiger charge is -2.19. The van der Waals surface area contributed by atoms with Crippen molar-refractivity contribution in [1.82, 2.24) is 4.98 Å². The molecule has 0 saturated carbocycles. The second-order valence-corrected chi connectivity index (χ2v) is 6.47. The Kier molecular flexibility index (Phi) is 4.80. The Labute approximate surface area is 128 Å². The van der Waals surface area contributed by atoms with Gasteiger partial charge < -0.3 is 10.1 Å². The number of ether oxygens (including phenoxy) is 1. The molecule has 0 fully saturated rings. The summed E-state index contributed by atoms with van der Waals surface area (Å²) in [7, 11) is 0. The molecule has 0 bridgehead atoms. The highest BCUT2D eigenvalue weighted by Gasteiger charge is 2.16. The van der Waals surface area contributed by atoms with Gasteiger partial charge in [0.05, 0.1) is 6.54 Å². The molecule has 6 heteroatoms. The summed E-state index contributed by atoms with van der Waals surface area (Å²) in [5.74, 6) is 0. The fourth-order valence-electron chi connectivity index (χ4n) is 1.65. The average Bonchev–Trinajstić information content (AvgIpc) is 2.87. The van der Waals surface area contributed by atoms with Crippen molar-refractivity contribution >= 4 is 28.8 Å². The molecule has 1 aromatic heterocycles. The van der Waals surface area contributed by atoms with Crippen LogP contribution in [0.5, 0.6) is 0 Å². The van der Waals surface area contributed by atoms with E-state index in [2.05, 4.69) is 15.6 Å². The minimum atomic E-state index is -0.509. The first kappa shape index (κ1) is 15.3. The van der Waals surface area contributed by atoms with Gasteiger partial charge in [0.1, 0.15) is 10.6 Å². The van der Waals surface area contributed by atoms with Gasteiger partial charge in [0.25, 0.3) is 0 Å². The molecule has 2 rings (SSSR count). The van der Waals surface area contributed by atoms with Crippen LogP contribution in [0.25, 0.3) is 0 Å². The van der Waals surface area contributed by atoms with E-state index in [-0.39, 0.29) is 0 Å². The molecule has 0 atom stereocenters. The summed E-state index contributed by atoms with van der Waals surface area (Å²) in [6, 6.07) is 7.49. The number of thiazole rings is 1. The van der Waals surface area contributed by atoms with Crippen LogP contribution in [0.4, 0.5) is 16.2 Å². The smallest absolute Gasteiger partial charge is 0.412 e. The lowest BCUT2D eigenvalue weighted by Crippen LogP contribution is -2.27. The molecule has 5 nitrogen and oxygen atoms in total. The number of hydrogen-bond acceptors (Lipinski definition) is 5. The van der Waals surface area contributed by atoms with Gasteiger partial charge in [0.15, 0.2) is 0 Å². The van der Waals surface area contributed by atoms with Crippen LogP contribution in [0.2, 0.25) is 0 Å². The van der Waals surface area contributed by atoms with E-state index in [4.69, 9.17) is 4.74 Å². The highest BCUT2D eigenvalue weighted by molar-refractivity contribution is 7.09. The number of nitrogens with one attached hydrogen (secondary N) is 2. The van der Waals surface area contributed by atoms with E-state index < -0.39 is 11.7 Å². The summed E-state index contributed by atoms with van der Waals surface area (Å²) < 4.78 is 5.22. The van der Waals surface area contributed by atoms with Crippen LogP contribution in [0.3, 0.4) is 0 Å². The maximum absolute atomic E-state index is 11.7. The Balaban J connectivity index is 1.92. The summed E-state index contributed by atoms with van der Waals surface area (Å²) in [4.78, 5) is 15.9. The highest BCUT2D eigenvalue weighted by atomic mass is 32.1. The lowest BCUT2D eigenvalue weighted by atomic mass is 10.2. The number of rotatable bonds is 4. The first-order chi connectivity index (χ1) is 9.92. The lowest BCUT2D eigenvalue weighted by molar-refractivity contribution is 0.0636. The van der Waals surface area contributed by atoms with Crippen molar-refractivity contribution in [2.45, 2.75) is 32.9 Å². The zero-order chi connectivity index (χ0) is 15.3. The van der Waals surface area contributed by atoms with Gasteiger partial charge in [-0.05, 0) is 39.0 Å². The fraction of sp³-hybridized carbons (Fsp3) is 0.333. The summed E-state index contributed by atoms with van der Waals surface area (Å²) >= 11 is 1.60. The molecular weight excluding hydrogens is 286 g/mol. The topological polar surface area (TPSA) is 63.2 Å². The van der Waals surface area contributed by atoms with E-state index in [0.29, 0.717) is 12.2 Å². The molecule has 1 aromatic carbocycles. The summed E-state index contributed by atoms with van der Waals surface area (Å²) in [5, 5.41) is 8.94. The molecule has 0 unspecified atom stereocenters. The maximum atomic E-state index is 11.7. The molecule has 2 N–H and O–H groups in total. The number of benzene rings is 1. The van der Waals surface area contributed by atoms with Crippen LogP contribution in [0, 0.1) is 0 Å². The van der Waals surface area contributed by atoms with E-state index >= 15 is 0 Å². The number of nitrogens with zero attached hydrogens (tertiary/aromatic N) is 1. The van der Waals surface area contributed by atoms with Gasteiger partial charge in [-0.2, -0.15) is 0 Å². The normalized spacial score (nSPS) is 11.0. The molecule has 21 heavy (non-hydrogen) atoms. The standard InChI is InChI=1S/C15H19N3O2S/c1-15(2,3)20-14(19)18-12-6-4-5-11(9-12)17-10-13-16-7-8-21-13/h4-9,17H,10H2,1-3H3,(H,18,19). The van der Waals surface area contributed by atoms with E-state index in [9.17, 15) is 4.79 Å². The van der Waals surface area contributed by atoms with Gasteiger partial charge in [0, 0.05) is 23.0 Å². The SMILES string of the molecule is CC(C)(C)OC(=O)Nc1cccc(NCc2nccs2)c1. The molecule has 0 aliphatic heterocycles. The Hall–Kier alpha value is -2.08. The van der Waals surface area contributed by atoms with Crippen molar-refractivity contribution in [3.8, 4) is 0 Å². The van der Waals surface area contributed by atoms with Crippen LogP contribution in [-0.2, 0) is 11.3 Å². The molecule has 0 spiro atoms. The monoisotopic (exact) mass is 305 g/mol. The van der Waals surface area contributed by atoms with Gasteiger partial charge in [-0.1, -0.05) is 6.07 Å². The zero-order valence-corrected chi connectivity index (χ0v) is 13.2. The fourth-order valence-corrected chi connectivity index (χ4v) is 2.20. The van der Waals surface area contributed by atoms with Crippen LogP contribution in [0.15, 0.2) is 35.8 Å². The second kappa shape index (κ2) is 6.58. The molecule has 1 heterocycles. The number of aromatic nitrogens is 1. The second-order valence-electron chi connectivity index (χ2n) is 5.49. The third kappa shape index (κ3) is 5.43.